The van der Waals surface area contributed by atoms with Crippen LogP contribution in [0.3, 0.4) is 0 Å². The number of phosphoric acid groups is 1. The molecule has 0 bridgehead atoms. The minimum absolute atomic E-state index is 0.0292. The average Bonchev–Trinajstić information content (AvgIpc) is 2.23. The van der Waals surface area contributed by atoms with Gasteiger partial charge < -0.3 is 27.9 Å². The predicted octanol–water partition coefficient (Wildman–Crippen LogP) is 25.7. The summed E-state index contributed by atoms with van der Waals surface area (Å²) in [5, 5.41) is 0. The van der Waals surface area contributed by atoms with Crippen LogP contribution < -0.4 is 4.89 Å². The van der Waals surface area contributed by atoms with Gasteiger partial charge in [-0.15, -0.1) is 0 Å². The zero-order valence-corrected chi connectivity index (χ0v) is 62.4. The van der Waals surface area contributed by atoms with Crippen molar-refractivity contribution in [2.75, 3.05) is 47.5 Å². The summed E-state index contributed by atoms with van der Waals surface area (Å²) in [6, 6.07) is 0. The molecule has 0 rings (SSSR count). The lowest BCUT2D eigenvalue weighted by Gasteiger charge is -2.28. The smallest absolute Gasteiger partial charge is 0.306 e. The molecule has 0 aliphatic heterocycles. The van der Waals surface area contributed by atoms with E-state index in [0.717, 1.165) is 64.2 Å². The van der Waals surface area contributed by atoms with Gasteiger partial charge in [-0.3, -0.25) is 14.2 Å². The van der Waals surface area contributed by atoms with Crippen LogP contribution in [0.15, 0.2) is 72.9 Å². The second-order valence-corrected chi connectivity index (χ2v) is 29.5. The van der Waals surface area contributed by atoms with Gasteiger partial charge in [-0.1, -0.05) is 363 Å². The number of quaternary nitrogens is 1. The van der Waals surface area contributed by atoms with Gasteiger partial charge in [0, 0.05) is 12.8 Å². The van der Waals surface area contributed by atoms with Gasteiger partial charge in [-0.05, 0) is 83.5 Å². The van der Waals surface area contributed by atoms with Crippen LogP contribution in [0.5, 0.6) is 0 Å². The molecule has 92 heavy (non-hydrogen) atoms. The summed E-state index contributed by atoms with van der Waals surface area (Å²) >= 11 is 0. The number of hydrogen-bond acceptors (Lipinski definition) is 8. The number of nitrogens with zero attached hydrogens (tertiary/aromatic N) is 1. The molecule has 0 aromatic carbocycles. The summed E-state index contributed by atoms with van der Waals surface area (Å²) < 4.78 is 34.4. The van der Waals surface area contributed by atoms with Gasteiger partial charge in [-0.25, -0.2) is 0 Å². The van der Waals surface area contributed by atoms with E-state index in [9.17, 15) is 19.0 Å². The van der Waals surface area contributed by atoms with E-state index >= 15 is 0 Å². The maximum absolute atomic E-state index is 12.9. The maximum atomic E-state index is 12.9. The molecule has 0 N–H and O–H groups in total. The largest absolute Gasteiger partial charge is 0.756 e. The Kier molecular flexibility index (Phi) is 70.7. The van der Waals surface area contributed by atoms with Crippen LogP contribution in [0.1, 0.15) is 386 Å². The zero-order valence-electron chi connectivity index (χ0n) is 61.5. The molecule has 0 spiro atoms. The van der Waals surface area contributed by atoms with Crippen LogP contribution in [0.4, 0.5) is 0 Å². The van der Waals surface area contributed by atoms with Crippen molar-refractivity contribution in [3.8, 4) is 0 Å². The summed E-state index contributed by atoms with van der Waals surface area (Å²) in [6.45, 7) is 4.18. The molecule has 538 valence electrons. The van der Waals surface area contributed by atoms with Crippen molar-refractivity contribution in [2.45, 2.75) is 392 Å². The number of rotatable bonds is 74. The van der Waals surface area contributed by atoms with E-state index in [1.165, 1.54) is 289 Å². The van der Waals surface area contributed by atoms with E-state index in [1.807, 2.05) is 21.1 Å². The Morgan fingerprint density at radius 1 is 0.348 bits per heavy atom. The second kappa shape index (κ2) is 72.7. The zero-order chi connectivity index (χ0) is 66.9. The van der Waals surface area contributed by atoms with Gasteiger partial charge in [0.15, 0.2) is 6.10 Å². The molecule has 0 aliphatic rings. The molecule has 0 saturated carbocycles. The highest BCUT2D eigenvalue weighted by Crippen LogP contribution is 2.38. The van der Waals surface area contributed by atoms with Crippen molar-refractivity contribution in [1.82, 2.24) is 0 Å². The fourth-order valence-electron chi connectivity index (χ4n) is 11.7. The lowest BCUT2D eigenvalue weighted by molar-refractivity contribution is -0.870. The quantitative estimate of drug-likeness (QED) is 0.0195. The molecular weight excluding hydrogens is 1160 g/mol. The van der Waals surface area contributed by atoms with Crippen LogP contribution in [0.25, 0.3) is 0 Å². The molecule has 0 aromatic heterocycles. The van der Waals surface area contributed by atoms with Crippen molar-refractivity contribution >= 4 is 19.8 Å². The molecule has 10 heteroatoms. The Labute approximate surface area is 571 Å². The normalized spacial score (nSPS) is 13.4. The van der Waals surface area contributed by atoms with E-state index < -0.39 is 26.5 Å². The molecule has 0 amide bonds. The first-order valence-electron chi connectivity index (χ1n) is 39.6. The Bertz CT molecular complexity index is 1780. The number of phosphoric ester groups is 1. The Morgan fingerprint density at radius 3 is 0.924 bits per heavy atom. The minimum Gasteiger partial charge on any atom is -0.756 e. The highest BCUT2D eigenvalue weighted by atomic mass is 31.2. The summed E-state index contributed by atoms with van der Waals surface area (Å²) in [5.41, 5.74) is 0. The Balaban J connectivity index is 3.92. The van der Waals surface area contributed by atoms with Crippen molar-refractivity contribution < 1.29 is 42.1 Å². The van der Waals surface area contributed by atoms with Crippen molar-refractivity contribution in [3.63, 3.8) is 0 Å². The molecule has 0 radical (unpaired) electrons. The number of esters is 2. The molecule has 2 unspecified atom stereocenters. The van der Waals surface area contributed by atoms with Gasteiger partial charge in [0.1, 0.15) is 19.8 Å². The van der Waals surface area contributed by atoms with Crippen molar-refractivity contribution in [3.05, 3.63) is 72.9 Å². The first-order chi connectivity index (χ1) is 45.0. The molecule has 0 aromatic rings. The second-order valence-electron chi connectivity index (χ2n) is 28.0. The van der Waals surface area contributed by atoms with E-state index in [2.05, 4.69) is 86.8 Å². The summed E-state index contributed by atoms with van der Waals surface area (Å²) in [6.07, 6.45) is 98.8. The fourth-order valence-corrected chi connectivity index (χ4v) is 12.4. The number of carbonyl (C=O) groups excluding carboxylic acids is 2. The summed E-state index contributed by atoms with van der Waals surface area (Å²) in [5.74, 6) is -0.812. The number of carbonyl (C=O) groups is 2. The van der Waals surface area contributed by atoms with Crippen molar-refractivity contribution in [2.24, 2.45) is 0 Å². The molecule has 0 aliphatic carbocycles. The standard InChI is InChI=1S/C82H152NO8P/c1-6-8-10-12-14-16-18-20-22-24-26-28-30-32-34-36-38-40-41-43-44-46-48-50-52-54-56-58-60-62-64-66-68-70-72-74-81(84)88-78-80(79-90-92(86,87)89-77-76-83(3,4)5)91-82(85)75-73-71-69-67-65-63-61-59-57-55-53-51-49-47-45-42-39-37-35-33-31-29-27-25-23-21-19-17-15-13-11-9-7-2/h9,11,15,17-18,20-21,23-24,26-27,29,80H,6-8,10,12-14,16,19,22,25,28,30-79H2,1-5H3/b11-9-,17-15-,20-18-,23-21-,26-24-,29-27-. The van der Waals surface area contributed by atoms with E-state index in [0.29, 0.717) is 17.4 Å². The molecule has 9 nitrogen and oxygen atoms in total. The average molecular weight is 1310 g/mol. The highest BCUT2D eigenvalue weighted by molar-refractivity contribution is 7.45. The number of ether oxygens (including phenoxy) is 2. The third-order valence-electron chi connectivity index (χ3n) is 17.7. The SMILES string of the molecule is CC/C=C\C/C=C\C/C=C\C/C=C\CCCCCCCCCCCCCCCCCCCCCCC(=O)OC(COC(=O)CCCCCCCCCCCCCCCCCCCCCCCCC/C=C\C/C=C\CCCCCCC)COP(=O)([O-])OCC[N+](C)(C)C. The summed E-state index contributed by atoms with van der Waals surface area (Å²) in [4.78, 5) is 38.2. The van der Waals surface area contributed by atoms with E-state index in [-0.39, 0.29) is 32.0 Å². The highest BCUT2D eigenvalue weighted by Gasteiger charge is 2.22. The maximum Gasteiger partial charge on any atom is 0.306 e. The van der Waals surface area contributed by atoms with Crippen LogP contribution in [0.2, 0.25) is 0 Å². The molecule has 2 atom stereocenters. The van der Waals surface area contributed by atoms with Crippen LogP contribution in [0, 0.1) is 0 Å². The van der Waals surface area contributed by atoms with Gasteiger partial charge in [0.25, 0.3) is 7.82 Å². The monoisotopic (exact) mass is 1310 g/mol. The number of hydrogen-bond donors (Lipinski definition) is 0. The summed E-state index contributed by atoms with van der Waals surface area (Å²) in [7, 11) is 1.18. The predicted molar refractivity (Wildman–Crippen MR) is 397 cm³/mol. The minimum atomic E-state index is -4.64. The number of unbranched alkanes of at least 4 members (excludes halogenated alkanes) is 48. The first-order valence-corrected chi connectivity index (χ1v) is 41.1. The van der Waals surface area contributed by atoms with E-state index in [4.69, 9.17) is 18.5 Å². The Morgan fingerprint density at radius 2 is 0.620 bits per heavy atom. The van der Waals surface area contributed by atoms with Crippen LogP contribution in [-0.4, -0.2) is 70.0 Å². The van der Waals surface area contributed by atoms with Gasteiger partial charge >= 0.3 is 11.9 Å². The molecule has 0 saturated heterocycles. The number of allylic oxidation sites excluding steroid dienone is 12. The van der Waals surface area contributed by atoms with Gasteiger partial charge in [0.05, 0.1) is 27.7 Å². The van der Waals surface area contributed by atoms with Gasteiger partial charge in [-0.2, -0.15) is 0 Å². The van der Waals surface area contributed by atoms with E-state index in [1.54, 1.807) is 0 Å². The molecule has 0 heterocycles. The van der Waals surface area contributed by atoms with Crippen LogP contribution >= 0.6 is 7.82 Å². The fraction of sp³-hybridized carbons (Fsp3) is 0.829. The third kappa shape index (κ3) is 76.5. The number of likely N-dealkylation sites (N-methyl/N-ethyl adjacent to an activating group) is 1. The lowest BCUT2D eigenvalue weighted by atomic mass is 10.0. The lowest BCUT2D eigenvalue weighted by Crippen LogP contribution is -2.37. The van der Waals surface area contributed by atoms with Gasteiger partial charge in [0.2, 0.25) is 0 Å². The van der Waals surface area contributed by atoms with Crippen LogP contribution in [-0.2, 0) is 32.7 Å². The molecular formula is C82H152NO8P. The molecule has 0 fully saturated rings. The van der Waals surface area contributed by atoms with Crippen molar-refractivity contribution in [1.29, 1.82) is 0 Å². The first kappa shape index (κ1) is 89.5. The Hall–Kier alpha value is -2.55. The topological polar surface area (TPSA) is 111 Å². The third-order valence-corrected chi connectivity index (χ3v) is 18.7.